The number of ether oxygens (including phenoxy) is 2. The van der Waals surface area contributed by atoms with Crippen molar-refractivity contribution < 1.29 is 9.47 Å². The van der Waals surface area contributed by atoms with Crippen molar-refractivity contribution in [3.05, 3.63) is 59.2 Å². The minimum atomic E-state index is 0.373. The van der Waals surface area contributed by atoms with Gasteiger partial charge in [0.15, 0.2) is 11.5 Å². The molecule has 0 radical (unpaired) electrons. The van der Waals surface area contributed by atoms with Gasteiger partial charge in [0.2, 0.25) is 0 Å². The first-order chi connectivity index (χ1) is 9.76. The third-order valence-electron chi connectivity index (χ3n) is 2.83. The van der Waals surface area contributed by atoms with Crippen molar-refractivity contribution in [1.82, 2.24) is 0 Å². The molecule has 0 aliphatic rings. The molecule has 0 saturated carbocycles. The fourth-order valence-corrected chi connectivity index (χ4v) is 1.98. The zero-order valence-electron chi connectivity index (χ0n) is 11.1. The Kier molecular flexibility index (Phi) is 4.86. The first kappa shape index (κ1) is 14.2. The molecule has 0 aliphatic carbocycles. The number of nitrogens with zero attached hydrogens (tertiary/aromatic N) is 1. The number of hydrogen-bond acceptors (Lipinski definition) is 3. The molecule has 0 fully saturated rings. The molecule has 2 aromatic carbocycles. The lowest BCUT2D eigenvalue weighted by atomic mass is 10.1. The predicted molar refractivity (Wildman–Crippen MR) is 78.0 cm³/mol. The van der Waals surface area contributed by atoms with Crippen molar-refractivity contribution >= 4 is 11.6 Å². The summed E-state index contributed by atoms with van der Waals surface area (Å²) in [6.45, 7) is 0.373. The van der Waals surface area contributed by atoms with Gasteiger partial charge < -0.3 is 9.47 Å². The predicted octanol–water partition coefficient (Wildman–Crippen LogP) is 3.88. The molecule has 0 unspecified atom stereocenters. The summed E-state index contributed by atoms with van der Waals surface area (Å²) in [6.07, 6.45) is 0. The van der Waals surface area contributed by atoms with Gasteiger partial charge in [0.25, 0.3) is 0 Å². The van der Waals surface area contributed by atoms with Crippen LogP contribution < -0.4 is 9.47 Å². The monoisotopic (exact) mass is 287 g/mol. The molecule has 0 atom stereocenters. The Bertz CT molecular complexity index is 635. The van der Waals surface area contributed by atoms with Crippen LogP contribution in [0, 0.1) is 11.3 Å². The molecule has 2 rings (SSSR count). The number of benzene rings is 2. The molecule has 2 aromatic rings. The summed E-state index contributed by atoms with van der Waals surface area (Å²) in [7, 11) is 1.60. The number of nitriles is 1. The van der Waals surface area contributed by atoms with Gasteiger partial charge in [0, 0.05) is 5.88 Å². The highest BCUT2D eigenvalue weighted by Gasteiger charge is 2.06. The molecule has 3 nitrogen and oxygen atoms in total. The molecule has 0 amide bonds. The summed E-state index contributed by atoms with van der Waals surface area (Å²) in [5.74, 6) is 1.73. The van der Waals surface area contributed by atoms with Crippen LogP contribution in [0.3, 0.4) is 0 Å². The number of alkyl halides is 1. The van der Waals surface area contributed by atoms with E-state index in [1.807, 2.05) is 30.3 Å². The van der Waals surface area contributed by atoms with Gasteiger partial charge in [0.1, 0.15) is 6.61 Å². The molecule has 4 heteroatoms. The van der Waals surface area contributed by atoms with Crippen LogP contribution in [0.25, 0.3) is 0 Å². The van der Waals surface area contributed by atoms with E-state index in [0.29, 0.717) is 29.5 Å². The normalized spacial score (nSPS) is 9.85. The Morgan fingerprint density at radius 2 is 1.95 bits per heavy atom. The van der Waals surface area contributed by atoms with Gasteiger partial charge >= 0.3 is 0 Å². The molecular weight excluding hydrogens is 274 g/mol. The van der Waals surface area contributed by atoms with Crippen LogP contribution in [0.4, 0.5) is 0 Å². The second-order valence-corrected chi connectivity index (χ2v) is 4.49. The van der Waals surface area contributed by atoms with Gasteiger partial charge in [-0.2, -0.15) is 5.26 Å². The maximum Gasteiger partial charge on any atom is 0.161 e. The van der Waals surface area contributed by atoms with Crippen LogP contribution in [-0.2, 0) is 12.5 Å². The molecule has 0 bridgehead atoms. The van der Waals surface area contributed by atoms with Gasteiger partial charge in [0.05, 0.1) is 18.7 Å². The molecule has 0 saturated heterocycles. The molecule has 0 aromatic heterocycles. The van der Waals surface area contributed by atoms with Crippen LogP contribution in [0.2, 0.25) is 0 Å². The van der Waals surface area contributed by atoms with Crippen molar-refractivity contribution in [2.24, 2.45) is 0 Å². The summed E-state index contributed by atoms with van der Waals surface area (Å²) in [4.78, 5) is 0. The fraction of sp³-hybridized carbons (Fsp3) is 0.188. The van der Waals surface area contributed by atoms with Crippen molar-refractivity contribution in [2.75, 3.05) is 7.11 Å². The highest BCUT2D eigenvalue weighted by Crippen LogP contribution is 2.29. The van der Waals surface area contributed by atoms with Crippen molar-refractivity contribution in [1.29, 1.82) is 5.26 Å². The van der Waals surface area contributed by atoms with Crippen molar-refractivity contribution in [3.8, 4) is 17.6 Å². The third-order valence-corrected chi connectivity index (χ3v) is 3.14. The second kappa shape index (κ2) is 6.83. The summed E-state index contributed by atoms with van der Waals surface area (Å²) in [5.41, 5.74) is 2.52. The zero-order valence-corrected chi connectivity index (χ0v) is 11.9. The molecule has 102 valence electrons. The molecular formula is C16H14ClNO2. The fourth-order valence-electron chi connectivity index (χ4n) is 1.81. The minimum absolute atomic E-state index is 0.373. The lowest BCUT2D eigenvalue weighted by Gasteiger charge is -2.12. The van der Waals surface area contributed by atoms with Crippen LogP contribution in [0.5, 0.6) is 11.5 Å². The van der Waals surface area contributed by atoms with E-state index in [1.54, 1.807) is 19.2 Å². The minimum Gasteiger partial charge on any atom is -0.493 e. The highest BCUT2D eigenvalue weighted by atomic mass is 35.5. The largest absolute Gasteiger partial charge is 0.493 e. The van der Waals surface area contributed by atoms with Gasteiger partial charge in [-0.1, -0.05) is 18.2 Å². The zero-order chi connectivity index (χ0) is 14.4. The SMILES string of the molecule is COc1ccc(CCl)cc1OCc1cccc(C#N)c1. The van der Waals surface area contributed by atoms with Gasteiger partial charge in [-0.05, 0) is 35.4 Å². The summed E-state index contributed by atoms with van der Waals surface area (Å²) < 4.78 is 11.0. The van der Waals surface area contributed by atoms with Gasteiger partial charge in [-0.3, -0.25) is 0 Å². The molecule has 0 aliphatic heterocycles. The smallest absolute Gasteiger partial charge is 0.161 e. The Labute approximate surface area is 123 Å². The van der Waals surface area contributed by atoms with E-state index in [2.05, 4.69) is 6.07 Å². The quantitative estimate of drug-likeness (QED) is 0.784. The first-order valence-electron chi connectivity index (χ1n) is 6.11. The average molecular weight is 288 g/mol. The van der Waals surface area contributed by atoms with E-state index in [-0.39, 0.29) is 0 Å². The maximum atomic E-state index is 8.87. The van der Waals surface area contributed by atoms with E-state index >= 15 is 0 Å². The Morgan fingerprint density at radius 3 is 2.65 bits per heavy atom. The summed E-state index contributed by atoms with van der Waals surface area (Å²) >= 11 is 5.82. The molecule has 0 spiro atoms. The number of hydrogen-bond donors (Lipinski definition) is 0. The molecule has 20 heavy (non-hydrogen) atoms. The van der Waals surface area contributed by atoms with Crippen LogP contribution >= 0.6 is 11.6 Å². The molecule has 0 N–H and O–H groups in total. The number of halogens is 1. The Morgan fingerprint density at radius 1 is 1.10 bits per heavy atom. The number of rotatable bonds is 5. The first-order valence-corrected chi connectivity index (χ1v) is 6.65. The second-order valence-electron chi connectivity index (χ2n) is 4.22. The van der Waals surface area contributed by atoms with Crippen LogP contribution in [0.15, 0.2) is 42.5 Å². The average Bonchev–Trinajstić information content (AvgIpc) is 2.52. The summed E-state index contributed by atoms with van der Waals surface area (Å²) in [5, 5.41) is 8.87. The van der Waals surface area contributed by atoms with Crippen LogP contribution in [-0.4, -0.2) is 7.11 Å². The molecule has 0 heterocycles. The third kappa shape index (κ3) is 3.43. The standard InChI is InChI=1S/C16H14ClNO2/c1-19-15-6-5-12(9-17)8-16(15)20-11-14-4-2-3-13(7-14)10-18/h2-8H,9,11H2,1H3. The highest BCUT2D eigenvalue weighted by molar-refractivity contribution is 6.17. The number of methoxy groups -OCH3 is 1. The lowest BCUT2D eigenvalue weighted by Crippen LogP contribution is -1.98. The topological polar surface area (TPSA) is 42.2 Å². The van der Waals surface area contributed by atoms with Crippen molar-refractivity contribution in [2.45, 2.75) is 12.5 Å². The Hall–Kier alpha value is -2.18. The van der Waals surface area contributed by atoms with E-state index in [1.165, 1.54) is 0 Å². The maximum absolute atomic E-state index is 8.87. The summed E-state index contributed by atoms with van der Waals surface area (Å²) in [6, 6.07) is 15.0. The van der Waals surface area contributed by atoms with E-state index in [0.717, 1.165) is 11.1 Å². The van der Waals surface area contributed by atoms with Crippen molar-refractivity contribution in [3.63, 3.8) is 0 Å². The van der Waals surface area contributed by atoms with E-state index < -0.39 is 0 Å². The van der Waals surface area contributed by atoms with Gasteiger partial charge in [-0.25, -0.2) is 0 Å². The van der Waals surface area contributed by atoms with Gasteiger partial charge in [-0.15, -0.1) is 11.6 Å². The van der Waals surface area contributed by atoms with E-state index in [4.69, 9.17) is 26.3 Å². The van der Waals surface area contributed by atoms with Crippen LogP contribution in [0.1, 0.15) is 16.7 Å². The lowest BCUT2D eigenvalue weighted by molar-refractivity contribution is 0.284. The van der Waals surface area contributed by atoms with E-state index in [9.17, 15) is 0 Å². The Balaban J connectivity index is 2.15.